The molecule has 0 spiro atoms. The van der Waals surface area contributed by atoms with Gasteiger partial charge in [-0.1, -0.05) is 0 Å². The molecule has 0 aromatic rings. The van der Waals surface area contributed by atoms with Crippen LogP contribution in [0.3, 0.4) is 0 Å². The van der Waals surface area contributed by atoms with Crippen molar-refractivity contribution < 1.29 is 22.8 Å². The van der Waals surface area contributed by atoms with Crippen LogP contribution in [-0.2, 0) is 18.0 Å². The standard InChI is InChI=1S/C6H15NO5Si/c1-9-6(8)7-5-12-13(4,10-2)11-3/h5H2,1-4H3,(H,7,8). The maximum Gasteiger partial charge on any atom is 0.498 e. The molecular formula is C6H15NO5Si. The number of hydrogen-bond donors (Lipinski definition) is 1. The molecule has 6 nitrogen and oxygen atoms in total. The number of amides is 1. The Balaban J connectivity index is 3.67. The summed E-state index contributed by atoms with van der Waals surface area (Å²) >= 11 is 0. The van der Waals surface area contributed by atoms with E-state index in [1.807, 2.05) is 0 Å². The second-order valence-electron chi connectivity index (χ2n) is 2.23. The Morgan fingerprint density at radius 1 is 1.31 bits per heavy atom. The van der Waals surface area contributed by atoms with Crippen molar-refractivity contribution in [2.75, 3.05) is 28.1 Å². The molecule has 0 saturated carbocycles. The number of hydrogen-bond acceptors (Lipinski definition) is 5. The highest BCUT2D eigenvalue weighted by atomic mass is 28.4. The van der Waals surface area contributed by atoms with Crippen LogP contribution in [0, 0.1) is 0 Å². The number of carbonyl (C=O) groups excluding carboxylic acids is 1. The van der Waals surface area contributed by atoms with Crippen molar-refractivity contribution in [1.29, 1.82) is 0 Å². The predicted molar refractivity (Wildman–Crippen MR) is 47.1 cm³/mol. The molecule has 78 valence electrons. The third-order valence-electron chi connectivity index (χ3n) is 1.48. The molecule has 0 aromatic carbocycles. The van der Waals surface area contributed by atoms with E-state index in [9.17, 15) is 4.79 Å². The van der Waals surface area contributed by atoms with Gasteiger partial charge in [-0.25, -0.2) is 4.79 Å². The van der Waals surface area contributed by atoms with Crippen LogP contribution >= 0.6 is 0 Å². The lowest BCUT2D eigenvalue weighted by Crippen LogP contribution is -2.43. The van der Waals surface area contributed by atoms with Gasteiger partial charge in [-0.2, -0.15) is 0 Å². The molecule has 0 aromatic heterocycles. The molecule has 0 aliphatic carbocycles. The lowest BCUT2D eigenvalue weighted by atomic mass is 11.0. The molecule has 0 bridgehead atoms. The molecule has 1 amide bonds. The highest BCUT2D eigenvalue weighted by Crippen LogP contribution is 2.04. The Hall–Kier alpha value is -0.633. The van der Waals surface area contributed by atoms with Crippen molar-refractivity contribution in [1.82, 2.24) is 5.32 Å². The van der Waals surface area contributed by atoms with Crippen LogP contribution in [0.15, 0.2) is 0 Å². The van der Waals surface area contributed by atoms with Crippen molar-refractivity contribution in [2.45, 2.75) is 6.55 Å². The first-order valence-electron chi connectivity index (χ1n) is 3.64. The van der Waals surface area contributed by atoms with Crippen molar-refractivity contribution in [3.63, 3.8) is 0 Å². The molecule has 0 atom stereocenters. The SMILES string of the molecule is COC(=O)NCO[Si](C)(OC)OC. The fourth-order valence-corrected chi connectivity index (χ4v) is 1.24. The van der Waals surface area contributed by atoms with Gasteiger partial charge in [0, 0.05) is 20.8 Å². The van der Waals surface area contributed by atoms with Gasteiger partial charge in [0.2, 0.25) is 0 Å². The minimum absolute atomic E-state index is 0.0110. The molecule has 0 aliphatic heterocycles. The van der Waals surface area contributed by atoms with Crippen molar-refractivity contribution in [3.05, 3.63) is 0 Å². The van der Waals surface area contributed by atoms with Crippen LogP contribution in [-0.4, -0.2) is 43.0 Å². The smallest absolute Gasteiger partial charge is 0.453 e. The average Bonchev–Trinajstić information content (AvgIpc) is 2.17. The van der Waals surface area contributed by atoms with E-state index in [-0.39, 0.29) is 6.73 Å². The molecule has 0 radical (unpaired) electrons. The summed E-state index contributed by atoms with van der Waals surface area (Å²) in [6.07, 6.45) is -0.552. The Labute approximate surface area is 78.5 Å². The summed E-state index contributed by atoms with van der Waals surface area (Å²) < 4.78 is 19.5. The molecule has 13 heavy (non-hydrogen) atoms. The second kappa shape index (κ2) is 5.92. The number of rotatable bonds is 5. The summed E-state index contributed by atoms with van der Waals surface area (Å²) in [5, 5.41) is 2.35. The van der Waals surface area contributed by atoms with Crippen LogP contribution in [0.4, 0.5) is 4.79 Å². The largest absolute Gasteiger partial charge is 0.498 e. The molecule has 7 heteroatoms. The third-order valence-corrected chi connectivity index (χ3v) is 3.63. The number of ether oxygens (including phenoxy) is 1. The van der Waals surface area contributed by atoms with Gasteiger partial charge in [0.15, 0.2) is 0 Å². The Bertz CT molecular complexity index is 161. The molecule has 0 aliphatic rings. The monoisotopic (exact) mass is 209 g/mol. The van der Waals surface area contributed by atoms with Gasteiger partial charge in [-0.3, -0.25) is 5.32 Å². The molecule has 0 rings (SSSR count). The predicted octanol–water partition coefficient (Wildman–Crippen LogP) is 0.178. The lowest BCUT2D eigenvalue weighted by molar-refractivity contribution is 0.0927. The minimum Gasteiger partial charge on any atom is -0.453 e. The first kappa shape index (κ1) is 12.4. The van der Waals surface area contributed by atoms with E-state index in [0.29, 0.717) is 0 Å². The van der Waals surface area contributed by atoms with Gasteiger partial charge >= 0.3 is 14.9 Å². The van der Waals surface area contributed by atoms with E-state index in [2.05, 4.69) is 10.1 Å². The highest BCUT2D eigenvalue weighted by molar-refractivity contribution is 6.59. The lowest BCUT2D eigenvalue weighted by Gasteiger charge is -2.21. The second-order valence-corrected chi connectivity index (χ2v) is 5.06. The maximum atomic E-state index is 10.6. The van der Waals surface area contributed by atoms with Gasteiger partial charge < -0.3 is 18.0 Å². The summed E-state index contributed by atoms with van der Waals surface area (Å²) in [5.41, 5.74) is 0. The number of methoxy groups -OCH3 is 1. The average molecular weight is 209 g/mol. The van der Waals surface area contributed by atoms with Crippen LogP contribution < -0.4 is 5.32 Å². The van der Waals surface area contributed by atoms with E-state index in [0.717, 1.165) is 0 Å². The molecule has 1 N–H and O–H groups in total. The van der Waals surface area contributed by atoms with Gasteiger partial charge in [-0.05, 0) is 0 Å². The fraction of sp³-hybridized carbons (Fsp3) is 0.833. The summed E-state index contributed by atoms with van der Waals surface area (Å²) in [4.78, 5) is 10.6. The zero-order valence-corrected chi connectivity index (χ0v) is 9.25. The van der Waals surface area contributed by atoms with Crippen LogP contribution in [0.2, 0.25) is 6.55 Å². The van der Waals surface area contributed by atoms with Gasteiger partial charge in [0.1, 0.15) is 6.73 Å². The first-order valence-corrected chi connectivity index (χ1v) is 5.86. The van der Waals surface area contributed by atoms with Gasteiger partial charge in [-0.15, -0.1) is 0 Å². The number of carbonyl (C=O) groups is 1. The van der Waals surface area contributed by atoms with Crippen LogP contribution in [0.1, 0.15) is 0 Å². The minimum atomic E-state index is -2.55. The van der Waals surface area contributed by atoms with E-state index in [1.165, 1.54) is 21.3 Å². The molecule has 0 fully saturated rings. The zero-order valence-electron chi connectivity index (χ0n) is 8.25. The van der Waals surface area contributed by atoms with Crippen molar-refractivity contribution >= 4 is 14.9 Å². The first-order chi connectivity index (χ1) is 6.08. The Morgan fingerprint density at radius 2 is 1.85 bits per heavy atom. The molecule has 0 saturated heterocycles. The summed E-state index contributed by atoms with van der Waals surface area (Å²) in [7, 11) is 1.72. The normalized spacial score (nSPS) is 11.1. The quantitative estimate of drug-likeness (QED) is 0.517. The Kier molecular flexibility index (Phi) is 5.63. The Morgan fingerprint density at radius 3 is 2.23 bits per heavy atom. The van der Waals surface area contributed by atoms with Crippen LogP contribution in [0.5, 0.6) is 0 Å². The summed E-state index contributed by atoms with van der Waals surface area (Å²) in [6.45, 7) is 1.73. The molecular weight excluding hydrogens is 194 g/mol. The van der Waals surface area contributed by atoms with Gasteiger partial charge in [0.05, 0.1) is 7.11 Å². The fourth-order valence-electron chi connectivity index (χ4n) is 0.499. The number of alkyl carbamates (subject to hydrolysis) is 1. The van der Waals surface area contributed by atoms with E-state index >= 15 is 0 Å². The van der Waals surface area contributed by atoms with E-state index in [4.69, 9.17) is 13.3 Å². The number of nitrogens with one attached hydrogen (secondary N) is 1. The zero-order chi connectivity index (χ0) is 10.3. The van der Waals surface area contributed by atoms with E-state index < -0.39 is 14.9 Å². The summed E-state index contributed by atoms with van der Waals surface area (Å²) in [5.74, 6) is 0. The topological polar surface area (TPSA) is 66.0 Å². The molecule has 0 unspecified atom stereocenters. The van der Waals surface area contributed by atoms with Gasteiger partial charge in [0.25, 0.3) is 0 Å². The van der Waals surface area contributed by atoms with Crippen molar-refractivity contribution in [3.8, 4) is 0 Å². The molecule has 0 heterocycles. The van der Waals surface area contributed by atoms with Crippen molar-refractivity contribution in [2.24, 2.45) is 0 Å². The third kappa shape index (κ3) is 4.83. The summed E-state index contributed by atoms with van der Waals surface area (Å²) in [6, 6.07) is 0. The van der Waals surface area contributed by atoms with Crippen LogP contribution in [0.25, 0.3) is 0 Å². The van der Waals surface area contributed by atoms with E-state index in [1.54, 1.807) is 6.55 Å². The highest BCUT2D eigenvalue weighted by Gasteiger charge is 2.31. The maximum absolute atomic E-state index is 10.6.